The molecule has 2 rings (SSSR count). The summed E-state index contributed by atoms with van der Waals surface area (Å²) >= 11 is 11.7. The molecule has 0 aliphatic rings. The number of hydrogen-bond donors (Lipinski definition) is 1. The lowest BCUT2D eigenvalue weighted by molar-refractivity contribution is -0.136. The second kappa shape index (κ2) is 7.07. The van der Waals surface area contributed by atoms with E-state index in [1.807, 2.05) is 0 Å². The van der Waals surface area contributed by atoms with Crippen LogP contribution in [0, 0.1) is 0 Å². The average molecular weight is 343 g/mol. The van der Waals surface area contributed by atoms with E-state index in [1.165, 1.54) is 0 Å². The lowest BCUT2D eigenvalue weighted by atomic mass is 10.1. The van der Waals surface area contributed by atoms with E-state index in [2.05, 4.69) is 0 Å². The predicted molar refractivity (Wildman–Crippen MR) is 84.4 cm³/mol. The summed E-state index contributed by atoms with van der Waals surface area (Å²) in [6.45, 7) is 0. The lowest BCUT2D eigenvalue weighted by Crippen LogP contribution is -2.01. The highest BCUT2D eigenvalue weighted by molar-refractivity contribution is 7.84. The highest BCUT2D eigenvalue weighted by atomic mass is 35.5. The minimum atomic E-state index is -1.23. The average Bonchev–Trinajstić information content (AvgIpc) is 2.43. The molecule has 6 heteroatoms. The zero-order valence-electron chi connectivity index (χ0n) is 10.9. The van der Waals surface area contributed by atoms with Crippen molar-refractivity contribution in [3.63, 3.8) is 0 Å². The standard InChI is InChI=1S/C15H12Cl2O3S/c16-13-6-5-12(8-14(13)17)21(20)9-11-3-1-10(2-4-11)7-15(18)19/h1-6,8H,7,9H2,(H,18,19). The molecule has 1 N–H and O–H groups in total. The van der Waals surface area contributed by atoms with Gasteiger partial charge in [0.2, 0.25) is 0 Å². The minimum Gasteiger partial charge on any atom is -0.481 e. The van der Waals surface area contributed by atoms with Crippen LogP contribution in [0.3, 0.4) is 0 Å². The SMILES string of the molecule is O=C(O)Cc1ccc(CS(=O)c2ccc(Cl)c(Cl)c2)cc1. The van der Waals surface area contributed by atoms with Crippen molar-refractivity contribution in [1.82, 2.24) is 0 Å². The molecule has 3 nitrogen and oxygen atoms in total. The molecule has 0 heterocycles. The lowest BCUT2D eigenvalue weighted by Gasteiger charge is -2.05. The van der Waals surface area contributed by atoms with Crippen LogP contribution < -0.4 is 0 Å². The fourth-order valence-electron chi connectivity index (χ4n) is 1.78. The molecule has 0 aliphatic carbocycles. The summed E-state index contributed by atoms with van der Waals surface area (Å²) in [4.78, 5) is 11.2. The van der Waals surface area contributed by atoms with E-state index < -0.39 is 16.8 Å². The maximum atomic E-state index is 12.3. The molecule has 0 amide bonds. The molecule has 2 aromatic rings. The highest BCUT2D eigenvalue weighted by Gasteiger charge is 2.08. The van der Waals surface area contributed by atoms with Crippen LogP contribution in [0.2, 0.25) is 10.0 Å². The zero-order valence-corrected chi connectivity index (χ0v) is 13.2. The molecule has 1 unspecified atom stereocenters. The minimum absolute atomic E-state index is 0.0177. The number of carboxylic acids is 1. The Morgan fingerprint density at radius 2 is 1.62 bits per heavy atom. The monoisotopic (exact) mass is 342 g/mol. The molecule has 0 fully saturated rings. The maximum Gasteiger partial charge on any atom is 0.307 e. The third kappa shape index (κ3) is 4.56. The molecule has 2 aromatic carbocycles. The van der Waals surface area contributed by atoms with Crippen molar-refractivity contribution in [3.05, 3.63) is 63.6 Å². The Kier molecular flexibility index (Phi) is 5.39. The van der Waals surface area contributed by atoms with Gasteiger partial charge in [0.15, 0.2) is 0 Å². The second-order valence-corrected chi connectivity index (χ2v) is 6.72. The molecule has 0 saturated carbocycles. The van der Waals surface area contributed by atoms with Crippen LogP contribution in [0.25, 0.3) is 0 Å². The number of carbonyl (C=O) groups is 1. The van der Waals surface area contributed by atoms with Crippen LogP contribution in [-0.2, 0) is 27.8 Å². The molecule has 0 aromatic heterocycles. The fourth-order valence-corrected chi connectivity index (χ4v) is 3.27. The van der Waals surface area contributed by atoms with Gasteiger partial charge in [-0.25, -0.2) is 0 Å². The van der Waals surface area contributed by atoms with Crippen molar-refractivity contribution in [3.8, 4) is 0 Å². The summed E-state index contributed by atoms with van der Waals surface area (Å²) in [5.74, 6) is -0.534. The zero-order chi connectivity index (χ0) is 15.4. The van der Waals surface area contributed by atoms with E-state index in [0.29, 0.717) is 26.3 Å². The van der Waals surface area contributed by atoms with E-state index in [0.717, 1.165) is 5.56 Å². The predicted octanol–water partition coefficient (Wildman–Crippen LogP) is 3.93. The van der Waals surface area contributed by atoms with Gasteiger partial charge in [-0.2, -0.15) is 0 Å². The summed E-state index contributed by atoms with van der Waals surface area (Å²) in [5.41, 5.74) is 1.58. The molecular weight excluding hydrogens is 331 g/mol. The number of rotatable bonds is 5. The Hall–Kier alpha value is -1.36. The van der Waals surface area contributed by atoms with Gasteiger partial charge in [-0.1, -0.05) is 47.5 Å². The van der Waals surface area contributed by atoms with Gasteiger partial charge in [0.1, 0.15) is 0 Å². The number of aliphatic carboxylic acids is 1. The van der Waals surface area contributed by atoms with Gasteiger partial charge in [-0.3, -0.25) is 9.00 Å². The van der Waals surface area contributed by atoms with Gasteiger partial charge >= 0.3 is 5.97 Å². The Morgan fingerprint density at radius 3 is 2.19 bits per heavy atom. The Labute approximate surface area is 135 Å². The first-order valence-corrected chi connectivity index (χ1v) is 8.16. The molecule has 110 valence electrons. The van der Waals surface area contributed by atoms with Crippen molar-refractivity contribution < 1.29 is 14.1 Å². The Bertz CT molecular complexity index is 684. The van der Waals surface area contributed by atoms with Gasteiger partial charge < -0.3 is 5.11 Å². The molecule has 21 heavy (non-hydrogen) atoms. The van der Waals surface area contributed by atoms with Gasteiger partial charge in [-0.05, 0) is 29.3 Å². The molecular formula is C15H12Cl2O3S. The van der Waals surface area contributed by atoms with Crippen molar-refractivity contribution in [1.29, 1.82) is 0 Å². The first-order chi connectivity index (χ1) is 9.95. The number of hydrogen-bond acceptors (Lipinski definition) is 2. The van der Waals surface area contributed by atoms with E-state index >= 15 is 0 Å². The first-order valence-electron chi connectivity index (χ1n) is 6.09. The Balaban J connectivity index is 2.08. The van der Waals surface area contributed by atoms with Crippen LogP contribution in [-0.4, -0.2) is 15.3 Å². The number of carboxylic acid groups (broad SMARTS) is 1. The molecule has 0 bridgehead atoms. The third-order valence-corrected chi connectivity index (χ3v) is 4.94. The molecule has 0 saturated heterocycles. The smallest absolute Gasteiger partial charge is 0.307 e. The first kappa shape index (κ1) is 16.0. The van der Waals surface area contributed by atoms with Crippen molar-refractivity contribution in [2.75, 3.05) is 0 Å². The second-order valence-electron chi connectivity index (χ2n) is 4.45. The summed E-state index contributed by atoms with van der Waals surface area (Å²) < 4.78 is 12.3. The van der Waals surface area contributed by atoms with Gasteiger partial charge in [0.25, 0.3) is 0 Å². The number of halogens is 2. The van der Waals surface area contributed by atoms with Crippen molar-refractivity contribution in [2.45, 2.75) is 17.1 Å². The van der Waals surface area contributed by atoms with Crippen LogP contribution in [0.1, 0.15) is 11.1 Å². The maximum absolute atomic E-state index is 12.3. The Morgan fingerprint density at radius 1 is 1.00 bits per heavy atom. The quantitative estimate of drug-likeness (QED) is 0.895. The molecule has 0 radical (unpaired) electrons. The van der Waals surface area contributed by atoms with Crippen molar-refractivity contribution in [2.24, 2.45) is 0 Å². The van der Waals surface area contributed by atoms with E-state index in [4.69, 9.17) is 28.3 Å². The largest absolute Gasteiger partial charge is 0.481 e. The van der Waals surface area contributed by atoms with Crippen LogP contribution in [0.4, 0.5) is 0 Å². The third-order valence-electron chi connectivity index (χ3n) is 2.83. The van der Waals surface area contributed by atoms with Crippen LogP contribution in [0.5, 0.6) is 0 Å². The molecule has 0 aliphatic heterocycles. The normalized spacial score (nSPS) is 12.1. The van der Waals surface area contributed by atoms with Gasteiger partial charge in [0.05, 0.1) is 33.0 Å². The highest BCUT2D eigenvalue weighted by Crippen LogP contribution is 2.25. The molecule has 0 spiro atoms. The molecule has 1 atom stereocenters. The summed E-state index contributed by atoms with van der Waals surface area (Å²) in [7, 11) is -1.23. The van der Waals surface area contributed by atoms with Gasteiger partial charge in [-0.15, -0.1) is 0 Å². The van der Waals surface area contributed by atoms with Crippen molar-refractivity contribution >= 4 is 40.0 Å². The van der Waals surface area contributed by atoms with Crippen LogP contribution in [0.15, 0.2) is 47.4 Å². The summed E-state index contributed by atoms with van der Waals surface area (Å²) in [6.07, 6.45) is -0.0177. The van der Waals surface area contributed by atoms with E-state index in [9.17, 15) is 9.00 Å². The van der Waals surface area contributed by atoms with E-state index in [-0.39, 0.29) is 6.42 Å². The van der Waals surface area contributed by atoms with Gasteiger partial charge in [0, 0.05) is 4.90 Å². The van der Waals surface area contributed by atoms with Crippen LogP contribution >= 0.6 is 23.2 Å². The topological polar surface area (TPSA) is 54.4 Å². The summed E-state index contributed by atoms with van der Waals surface area (Å²) in [6, 6.07) is 11.9. The summed E-state index contributed by atoms with van der Waals surface area (Å²) in [5, 5.41) is 9.51. The fraction of sp³-hybridized carbons (Fsp3) is 0.133. The number of benzene rings is 2. The van der Waals surface area contributed by atoms with E-state index in [1.54, 1.807) is 42.5 Å².